The summed E-state index contributed by atoms with van der Waals surface area (Å²) in [7, 11) is 0. The second-order valence-electron chi connectivity index (χ2n) is 6.45. The Bertz CT molecular complexity index is 822. The van der Waals surface area contributed by atoms with Crippen LogP contribution < -0.4 is 9.80 Å². The maximum Gasteiger partial charge on any atom is 0.242 e. The van der Waals surface area contributed by atoms with Gasteiger partial charge in [-0.1, -0.05) is 11.6 Å². The molecule has 0 radical (unpaired) electrons. The smallest absolute Gasteiger partial charge is 0.242 e. The van der Waals surface area contributed by atoms with Gasteiger partial charge in [0.05, 0.1) is 0 Å². The molecule has 1 fully saturated rings. The fraction of sp³-hybridized carbons (Fsp3) is 0.368. The Morgan fingerprint density at radius 3 is 2.41 bits per heavy atom. The number of aryl methyl sites for hydroxylation is 1. The average molecular weight is 388 g/mol. The van der Waals surface area contributed by atoms with Crippen molar-refractivity contribution in [1.29, 1.82) is 0 Å². The molecule has 27 heavy (non-hydrogen) atoms. The molecule has 1 aromatic carbocycles. The van der Waals surface area contributed by atoms with Gasteiger partial charge in [-0.05, 0) is 36.8 Å². The molecule has 0 atom stereocenters. The Kier molecular flexibility index (Phi) is 5.91. The molecule has 0 saturated carbocycles. The van der Waals surface area contributed by atoms with E-state index < -0.39 is 0 Å². The number of amides is 2. The Hall–Kier alpha value is -2.67. The van der Waals surface area contributed by atoms with Crippen LogP contribution in [0.4, 0.5) is 11.6 Å². The van der Waals surface area contributed by atoms with Crippen LogP contribution in [0.15, 0.2) is 36.7 Å². The number of hydrogen-bond acceptors (Lipinski definition) is 5. The van der Waals surface area contributed by atoms with Crippen molar-refractivity contribution in [2.75, 3.05) is 42.5 Å². The van der Waals surface area contributed by atoms with Crippen molar-refractivity contribution in [3.63, 3.8) is 0 Å². The van der Waals surface area contributed by atoms with Crippen LogP contribution in [0.25, 0.3) is 0 Å². The molecule has 0 unspecified atom stereocenters. The standard InChI is InChI=1S/C19H22ClN5O2/c1-14-12-16(20)4-5-17(14)25(15(2)26)13-18(27)23-8-10-24(11-9-23)19-21-6-3-7-22-19/h3-7,12H,8-11,13H2,1-2H3. The van der Waals surface area contributed by atoms with Gasteiger partial charge in [0.25, 0.3) is 0 Å². The zero-order valence-electron chi connectivity index (χ0n) is 15.4. The predicted molar refractivity (Wildman–Crippen MR) is 105 cm³/mol. The van der Waals surface area contributed by atoms with Crippen molar-refractivity contribution >= 4 is 35.1 Å². The van der Waals surface area contributed by atoms with E-state index >= 15 is 0 Å². The lowest BCUT2D eigenvalue weighted by Gasteiger charge is -2.35. The number of carbonyl (C=O) groups excluding carboxylic acids is 2. The van der Waals surface area contributed by atoms with Crippen molar-refractivity contribution in [3.05, 3.63) is 47.2 Å². The van der Waals surface area contributed by atoms with Gasteiger partial charge in [-0.2, -0.15) is 0 Å². The van der Waals surface area contributed by atoms with Gasteiger partial charge in [-0.15, -0.1) is 0 Å². The minimum Gasteiger partial charge on any atom is -0.338 e. The molecule has 0 aliphatic carbocycles. The van der Waals surface area contributed by atoms with E-state index in [9.17, 15) is 9.59 Å². The number of anilines is 2. The molecule has 0 spiro atoms. The van der Waals surface area contributed by atoms with Crippen LogP contribution in [0.1, 0.15) is 12.5 Å². The molecular weight excluding hydrogens is 366 g/mol. The molecule has 1 aromatic heterocycles. The summed E-state index contributed by atoms with van der Waals surface area (Å²) in [6.45, 7) is 5.82. The van der Waals surface area contributed by atoms with Crippen LogP contribution in [-0.2, 0) is 9.59 Å². The third-order valence-corrected chi connectivity index (χ3v) is 4.83. The number of aromatic nitrogens is 2. The van der Waals surface area contributed by atoms with Crippen molar-refractivity contribution in [1.82, 2.24) is 14.9 Å². The van der Waals surface area contributed by atoms with Crippen LogP contribution in [0, 0.1) is 6.92 Å². The highest BCUT2D eigenvalue weighted by Crippen LogP contribution is 2.24. The van der Waals surface area contributed by atoms with Crippen molar-refractivity contribution < 1.29 is 9.59 Å². The zero-order chi connectivity index (χ0) is 19.4. The lowest BCUT2D eigenvalue weighted by atomic mass is 10.1. The van der Waals surface area contributed by atoms with E-state index in [1.807, 2.05) is 6.92 Å². The molecule has 0 N–H and O–H groups in total. The number of carbonyl (C=O) groups is 2. The van der Waals surface area contributed by atoms with E-state index in [-0.39, 0.29) is 18.4 Å². The summed E-state index contributed by atoms with van der Waals surface area (Å²) in [6, 6.07) is 7.06. The van der Waals surface area contributed by atoms with Gasteiger partial charge in [-0.3, -0.25) is 9.59 Å². The predicted octanol–water partition coefficient (Wildman–Crippen LogP) is 2.14. The Morgan fingerprint density at radius 1 is 1.15 bits per heavy atom. The van der Waals surface area contributed by atoms with Crippen LogP contribution in [0.5, 0.6) is 0 Å². The first-order valence-electron chi connectivity index (χ1n) is 8.79. The highest BCUT2D eigenvalue weighted by molar-refractivity contribution is 6.30. The van der Waals surface area contributed by atoms with E-state index in [1.54, 1.807) is 41.6 Å². The summed E-state index contributed by atoms with van der Waals surface area (Å²) in [5.41, 5.74) is 1.56. The van der Waals surface area contributed by atoms with Gasteiger partial charge in [0.1, 0.15) is 6.54 Å². The first-order valence-corrected chi connectivity index (χ1v) is 9.17. The number of nitrogens with zero attached hydrogens (tertiary/aromatic N) is 5. The third-order valence-electron chi connectivity index (χ3n) is 4.59. The normalized spacial score (nSPS) is 14.2. The Balaban J connectivity index is 1.64. The molecule has 3 rings (SSSR count). The van der Waals surface area contributed by atoms with Gasteiger partial charge in [0, 0.05) is 56.2 Å². The lowest BCUT2D eigenvalue weighted by Crippen LogP contribution is -2.52. The van der Waals surface area contributed by atoms with E-state index in [0.717, 1.165) is 5.56 Å². The Labute approximate surface area is 163 Å². The van der Waals surface area contributed by atoms with Gasteiger partial charge in [-0.25, -0.2) is 9.97 Å². The summed E-state index contributed by atoms with van der Waals surface area (Å²) in [5.74, 6) is 0.421. The molecule has 1 saturated heterocycles. The first kappa shape index (κ1) is 19.1. The second kappa shape index (κ2) is 8.35. The number of piperazine rings is 1. The molecule has 2 aromatic rings. The van der Waals surface area contributed by atoms with Crippen LogP contribution in [0.3, 0.4) is 0 Å². The zero-order valence-corrected chi connectivity index (χ0v) is 16.2. The fourth-order valence-corrected chi connectivity index (χ4v) is 3.36. The molecule has 2 amide bonds. The molecule has 7 nitrogen and oxygen atoms in total. The molecule has 0 bridgehead atoms. The SMILES string of the molecule is CC(=O)N(CC(=O)N1CCN(c2ncccn2)CC1)c1ccc(Cl)cc1C. The van der Waals surface area contributed by atoms with Crippen molar-refractivity contribution in [2.45, 2.75) is 13.8 Å². The molecule has 2 heterocycles. The summed E-state index contributed by atoms with van der Waals surface area (Å²) < 4.78 is 0. The van der Waals surface area contributed by atoms with Crippen LogP contribution in [-0.4, -0.2) is 59.4 Å². The first-order chi connectivity index (χ1) is 13.0. The van der Waals surface area contributed by atoms with E-state index in [2.05, 4.69) is 14.9 Å². The molecule has 8 heteroatoms. The summed E-state index contributed by atoms with van der Waals surface area (Å²) >= 11 is 6.00. The molecule has 142 valence electrons. The van der Waals surface area contributed by atoms with E-state index in [4.69, 9.17) is 11.6 Å². The highest BCUT2D eigenvalue weighted by atomic mass is 35.5. The molecule has 1 aliphatic heterocycles. The third kappa shape index (κ3) is 4.54. The van der Waals surface area contributed by atoms with Crippen molar-refractivity contribution in [2.24, 2.45) is 0 Å². The maximum atomic E-state index is 12.8. The largest absolute Gasteiger partial charge is 0.338 e. The lowest BCUT2D eigenvalue weighted by molar-refractivity contribution is -0.131. The van der Waals surface area contributed by atoms with Crippen LogP contribution in [0.2, 0.25) is 5.02 Å². The molecular formula is C19H22ClN5O2. The summed E-state index contributed by atoms with van der Waals surface area (Å²) in [5, 5.41) is 0.602. The van der Waals surface area contributed by atoms with Gasteiger partial charge in [0.15, 0.2) is 0 Å². The van der Waals surface area contributed by atoms with Gasteiger partial charge < -0.3 is 14.7 Å². The van der Waals surface area contributed by atoms with E-state index in [1.165, 1.54) is 11.8 Å². The highest BCUT2D eigenvalue weighted by Gasteiger charge is 2.25. The fourth-order valence-electron chi connectivity index (χ4n) is 3.13. The minimum absolute atomic E-state index is 0.0135. The number of rotatable bonds is 4. The van der Waals surface area contributed by atoms with Crippen molar-refractivity contribution in [3.8, 4) is 0 Å². The molecule has 1 aliphatic rings. The van der Waals surface area contributed by atoms with E-state index in [0.29, 0.717) is 42.8 Å². The number of halogens is 1. The van der Waals surface area contributed by atoms with Gasteiger partial charge in [0.2, 0.25) is 17.8 Å². The minimum atomic E-state index is -0.176. The maximum absolute atomic E-state index is 12.8. The topological polar surface area (TPSA) is 69.6 Å². The number of hydrogen-bond donors (Lipinski definition) is 0. The summed E-state index contributed by atoms with van der Waals surface area (Å²) in [6.07, 6.45) is 3.41. The quantitative estimate of drug-likeness (QED) is 0.803. The number of benzene rings is 1. The second-order valence-corrected chi connectivity index (χ2v) is 6.89. The average Bonchev–Trinajstić information content (AvgIpc) is 2.67. The van der Waals surface area contributed by atoms with Gasteiger partial charge >= 0.3 is 0 Å². The van der Waals surface area contributed by atoms with Crippen LogP contribution >= 0.6 is 11.6 Å². The Morgan fingerprint density at radius 2 is 1.81 bits per heavy atom. The summed E-state index contributed by atoms with van der Waals surface area (Å²) in [4.78, 5) is 38.7. The monoisotopic (exact) mass is 387 g/mol.